The molecule has 0 aromatic carbocycles. The van der Waals surface area contributed by atoms with Crippen molar-refractivity contribution >= 4 is 33.3 Å². The highest BCUT2D eigenvalue weighted by Gasteiger charge is 2.23. The summed E-state index contributed by atoms with van der Waals surface area (Å²) in [6, 6.07) is 0.522. The highest BCUT2D eigenvalue weighted by atomic mass is 32.1. The number of anilines is 2. The fourth-order valence-corrected chi connectivity index (χ4v) is 4.51. The third-order valence-corrected chi connectivity index (χ3v) is 6.20. The topological polar surface area (TPSA) is 109 Å². The first kappa shape index (κ1) is 17.2. The molecule has 0 radical (unpaired) electrons. The van der Waals surface area contributed by atoms with Gasteiger partial charge in [-0.15, -0.1) is 16.4 Å². The standard InChI is InChI=1S/C17H24N8S/c1-10-11(2)26-16-14(10)15(20-9-21-16)25-7-4-12(5-8-25)19-6-3-13-22-17(18)24-23-13/h9,12,19H,3-8H2,1-2H3,(H3,18,22,23,24). The van der Waals surface area contributed by atoms with Crippen molar-refractivity contribution in [1.29, 1.82) is 0 Å². The van der Waals surface area contributed by atoms with E-state index < -0.39 is 0 Å². The van der Waals surface area contributed by atoms with Gasteiger partial charge in [-0.1, -0.05) is 0 Å². The summed E-state index contributed by atoms with van der Waals surface area (Å²) in [6.45, 7) is 7.22. The van der Waals surface area contributed by atoms with Crippen molar-refractivity contribution in [3.63, 3.8) is 0 Å². The third kappa shape index (κ3) is 3.36. The molecule has 9 heteroatoms. The molecule has 4 rings (SSSR count). The van der Waals surface area contributed by atoms with Gasteiger partial charge in [0.1, 0.15) is 22.8 Å². The van der Waals surface area contributed by atoms with Crippen LogP contribution in [0.3, 0.4) is 0 Å². The highest BCUT2D eigenvalue weighted by Crippen LogP contribution is 2.35. The number of aromatic amines is 1. The summed E-state index contributed by atoms with van der Waals surface area (Å²) in [4.78, 5) is 18.0. The van der Waals surface area contributed by atoms with Crippen molar-refractivity contribution in [3.8, 4) is 0 Å². The largest absolute Gasteiger partial charge is 0.367 e. The van der Waals surface area contributed by atoms with Crippen LogP contribution >= 0.6 is 11.3 Å². The molecule has 8 nitrogen and oxygen atoms in total. The molecule has 4 N–H and O–H groups in total. The van der Waals surface area contributed by atoms with E-state index in [0.29, 0.717) is 12.0 Å². The summed E-state index contributed by atoms with van der Waals surface area (Å²) in [5, 5.41) is 11.5. The number of thiophene rings is 1. The lowest BCUT2D eigenvalue weighted by Gasteiger charge is -2.33. The van der Waals surface area contributed by atoms with E-state index in [4.69, 9.17) is 5.73 Å². The Labute approximate surface area is 156 Å². The zero-order chi connectivity index (χ0) is 18.1. The number of H-pyrrole nitrogens is 1. The van der Waals surface area contributed by atoms with Gasteiger partial charge in [0, 0.05) is 37.0 Å². The molecule has 1 aliphatic heterocycles. The Balaban J connectivity index is 1.35. The molecular formula is C17H24N8S. The van der Waals surface area contributed by atoms with Crippen LogP contribution in [-0.4, -0.2) is 50.8 Å². The maximum absolute atomic E-state index is 5.53. The fourth-order valence-electron chi connectivity index (χ4n) is 3.52. The zero-order valence-corrected chi connectivity index (χ0v) is 15.9. The predicted octanol–water partition coefficient (Wildman–Crippen LogP) is 1.81. The molecule has 0 aliphatic carbocycles. The number of nitrogens with zero attached hydrogens (tertiary/aromatic N) is 5. The summed E-state index contributed by atoms with van der Waals surface area (Å²) in [7, 11) is 0. The van der Waals surface area contributed by atoms with Crippen molar-refractivity contribution < 1.29 is 0 Å². The lowest BCUT2D eigenvalue weighted by molar-refractivity contribution is 0.415. The maximum atomic E-state index is 5.53. The molecule has 1 aliphatic rings. The van der Waals surface area contributed by atoms with E-state index in [2.05, 4.69) is 49.2 Å². The van der Waals surface area contributed by atoms with E-state index in [9.17, 15) is 0 Å². The Kier molecular flexibility index (Phi) is 4.73. The molecular weight excluding hydrogens is 348 g/mol. The number of aryl methyl sites for hydroxylation is 2. The normalized spacial score (nSPS) is 15.8. The lowest BCUT2D eigenvalue weighted by Crippen LogP contribution is -2.43. The molecule has 4 heterocycles. The summed E-state index contributed by atoms with van der Waals surface area (Å²) in [5.74, 6) is 2.23. The Bertz CT molecular complexity index is 893. The van der Waals surface area contributed by atoms with Crippen LogP contribution in [0.4, 0.5) is 11.8 Å². The zero-order valence-electron chi connectivity index (χ0n) is 15.1. The predicted molar refractivity (Wildman–Crippen MR) is 105 cm³/mol. The molecule has 0 bridgehead atoms. The molecule has 0 amide bonds. The molecule has 1 fully saturated rings. The van der Waals surface area contributed by atoms with Gasteiger partial charge < -0.3 is 16.0 Å². The van der Waals surface area contributed by atoms with Crippen LogP contribution in [0.1, 0.15) is 29.1 Å². The molecule has 0 unspecified atom stereocenters. The number of rotatable bonds is 5. The van der Waals surface area contributed by atoms with E-state index in [1.54, 1.807) is 17.7 Å². The number of hydrogen-bond donors (Lipinski definition) is 3. The van der Waals surface area contributed by atoms with Crippen LogP contribution in [-0.2, 0) is 6.42 Å². The number of nitrogens with two attached hydrogens (primary N) is 1. The van der Waals surface area contributed by atoms with Crippen molar-refractivity contribution in [3.05, 3.63) is 22.6 Å². The van der Waals surface area contributed by atoms with Crippen LogP contribution in [0.25, 0.3) is 10.2 Å². The van der Waals surface area contributed by atoms with Gasteiger partial charge in [-0.2, -0.15) is 4.98 Å². The summed E-state index contributed by atoms with van der Waals surface area (Å²) in [5.41, 5.74) is 6.84. The van der Waals surface area contributed by atoms with Gasteiger partial charge in [0.2, 0.25) is 5.95 Å². The average Bonchev–Trinajstić information content (AvgIpc) is 3.19. The van der Waals surface area contributed by atoms with E-state index in [0.717, 1.165) is 55.4 Å². The van der Waals surface area contributed by atoms with Crippen LogP contribution in [0, 0.1) is 13.8 Å². The molecule has 138 valence electrons. The fraction of sp³-hybridized carbons (Fsp3) is 0.529. The number of fused-ring (bicyclic) bond motifs is 1. The maximum Gasteiger partial charge on any atom is 0.239 e. The quantitative estimate of drug-likeness (QED) is 0.627. The Morgan fingerprint density at radius 1 is 1.31 bits per heavy atom. The van der Waals surface area contributed by atoms with Gasteiger partial charge in [0.25, 0.3) is 0 Å². The van der Waals surface area contributed by atoms with Gasteiger partial charge in [-0.05, 0) is 32.3 Å². The van der Waals surface area contributed by atoms with Gasteiger partial charge >= 0.3 is 0 Å². The number of nitrogens with one attached hydrogen (secondary N) is 2. The van der Waals surface area contributed by atoms with E-state index in [-0.39, 0.29) is 0 Å². The number of nitrogen functional groups attached to an aromatic ring is 1. The van der Waals surface area contributed by atoms with Crippen molar-refractivity contribution in [2.75, 3.05) is 30.3 Å². The second kappa shape index (κ2) is 7.16. The highest BCUT2D eigenvalue weighted by molar-refractivity contribution is 7.18. The second-order valence-corrected chi connectivity index (χ2v) is 7.97. The molecule has 0 spiro atoms. The smallest absolute Gasteiger partial charge is 0.239 e. The van der Waals surface area contributed by atoms with E-state index in [1.165, 1.54) is 15.8 Å². The van der Waals surface area contributed by atoms with Crippen LogP contribution in [0.15, 0.2) is 6.33 Å². The van der Waals surface area contributed by atoms with Gasteiger partial charge in [0.05, 0.1) is 5.39 Å². The minimum Gasteiger partial charge on any atom is -0.367 e. The van der Waals surface area contributed by atoms with Crippen LogP contribution in [0.5, 0.6) is 0 Å². The SMILES string of the molecule is Cc1sc2ncnc(N3CCC(NCCc4nc(N)n[nH]4)CC3)c2c1C. The minimum atomic E-state index is 0.309. The molecule has 0 atom stereocenters. The van der Waals surface area contributed by atoms with Crippen molar-refractivity contribution in [1.82, 2.24) is 30.5 Å². The first-order chi connectivity index (χ1) is 12.6. The monoisotopic (exact) mass is 372 g/mol. The van der Waals surface area contributed by atoms with Crippen molar-refractivity contribution in [2.45, 2.75) is 39.2 Å². The lowest BCUT2D eigenvalue weighted by atomic mass is 10.0. The summed E-state index contributed by atoms with van der Waals surface area (Å²) in [6.07, 6.45) is 4.71. The molecule has 3 aromatic rings. The number of aromatic nitrogens is 5. The van der Waals surface area contributed by atoms with E-state index in [1.807, 2.05) is 0 Å². The van der Waals surface area contributed by atoms with Crippen LogP contribution in [0.2, 0.25) is 0 Å². The molecule has 26 heavy (non-hydrogen) atoms. The molecule has 3 aromatic heterocycles. The first-order valence-corrected chi connectivity index (χ1v) is 9.79. The second-order valence-electron chi connectivity index (χ2n) is 6.77. The summed E-state index contributed by atoms with van der Waals surface area (Å²) < 4.78 is 0. The Hall–Kier alpha value is -2.26. The van der Waals surface area contributed by atoms with Crippen LogP contribution < -0.4 is 16.0 Å². The molecule has 1 saturated heterocycles. The van der Waals surface area contributed by atoms with Crippen molar-refractivity contribution in [2.24, 2.45) is 0 Å². The third-order valence-electron chi connectivity index (χ3n) is 5.08. The Morgan fingerprint density at radius 3 is 2.85 bits per heavy atom. The van der Waals surface area contributed by atoms with Gasteiger partial charge in [-0.25, -0.2) is 9.97 Å². The van der Waals surface area contributed by atoms with Gasteiger partial charge in [-0.3, -0.25) is 5.10 Å². The Morgan fingerprint density at radius 2 is 2.12 bits per heavy atom. The average molecular weight is 373 g/mol. The van der Waals surface area contributed by atoms with E-state index >= 15 is 0 Å². The number of piperidine rings is 1. The minimum absolute atomic E-state index is 0.309. The number of hydrogen-bond acceptors (Lipinski definition) is 8. The molecule has 0 saturated carbocycles. The first-order valence-electron chi connectivity index (χ1n) is 8.97. The van der Waals surface area contributed by atoms with Gasteiger partial charge in [0.15, 0.2) is 0 Å². The summed E-state index contributed by atoms with van der Waals surface area (Å²) >= 11 is 1.76.